The van der Waals surface area contributed by atoms with Crippen molar-refractivity contribution < 1.29 is 13.2 Å². The molecule has 0 bridgehead atoms. The number of nitriles is 3. The highest BCUT2D eigenvalue weighted by molar-refractivity contribution is 6.14. The number of hydrogen-bond acceptors (Lipinski definition) is 5. The first kappa shape index (κ1) is 48.8. The number of aryl methyl sites for hydroxylation is 1. The third kappa shape index (κ3) is 8.77. The molecule has 0 aliphatic rings. The van der Waals surface area contributed by atoms with Crippen molar-refractivity contribution in [2.75, 3.05) is 0 Å². The molecular weight excluding hydrogens is 976 g/mol. The van der Waals surface area contributed by atoms with Crippen molar-refractivity contribution in [1.82, 2.24) is 14.5 Å². The van der Waals surface area contributed by atoms with Crippen molar-refractivity contribution >= 4 is 38.9 Å². The van der Waals surface area contributed by atoms with Gasteiger partial charge in [-0.15, -0.1) is 0 Å². The number of rotatable bonds is 8. The molecule has 78 heavy (non-hydrogen) atoms. The van der Waals surface area contributed by atoms with Gasteiger partial charge in [-0.3, -0.25) is 0 Å². The predicted octanol–water partition coefficient (Wildman–Crippen LogP) is 17.8. The minimum absolute atomic E-state index is 0.0766. The van der Waals surface area contributed by atoms with E-state index in [1.54, 1.807) is 18.2 Å². The van der Waals surface area contributed by atoms with Gasteiger partial charge < -0.3 is 4.57 Å². The third-order valence-corrected chi connectivity index (χ3v) is 13.6. The summed E-state index contributed by atoms with van der Waals surface area (Å²) in [5.41, 5.74) is 9.23. The average Bonchev–Trinajstić information content (AvgIpc) is 4.05. The van der Waals surface area contributed by atoms with Gasteiger partial charge in [0.05, 0.1) is 77.2 Å². The van der Waals surface area contributed by atoms with Gasteiger partial charge in [-0.25, -0.2) is 24.5 Å². The van der Waals surface area contributed by atoms with Crippen LogP contribution < -0.4 is 0 Å². The second kappa shape index (κ2) is 19.8. The lowest BCUT2D eigenvalue weighted by atomic mass is 9.91. The zero-order valence-corrected chi connectivity index (χ0v) is 41.1. The lowest BCUT2D eigenvalue weighted by molar-refractivity contribution is -0.137. The predicted molar refractivity (Wildman–Crippen MR) is 297 cm³/mol. The van der Waals surface area contributed by atoms with Gasteiger partial charge >= 0.3 is 6.18 Å². The fourth-order valence-corrected chi connectivity index (χ4v) is 10.1. The second-order valence-electron chi connectivity index (χ2n) is 18.3. The van der Waals surface area contributed by atoms with E-state index in [2.05, 4.69) is 26.7 Å². The van der Waals surface area contributed by atoms with Gasteiger partial charge in [0.2, 0.25) is 0 Å². The fourth-order valence-electron chi connectivity index (χ4n) is 10.1. The van der Waals surface area contributed by atoms with Gasteiger partial charge in [0.15, 0.2) is 22.9 Å². The molecule has 0 fully saturated rings. The van der Waals surface area contributed by atoms with Crippen LogP contribution in [0.1, 0.15) is 27.8 Å². The molecule has 0 unspecified atom stereocenters. The van der Waals surface area contributed by atoms with Crippen LogP contribution in [-0.2, 0) is 6.18 Å². The SMILES string of the molecule is [C-]#[N+]c1cc(C#N)c(-c2ccc3c(c2)c2cc(-c4c(C#N)cc(C#N)cc4[N+]#[C-])ccc2n3-c2c(-c3cccc(C)c3)cc(-c3nc(-c4ccccc4)cc(-c4ccccc4)n3)cc2-c2cccc(C(F)(F)F)c2)c([N+]#[C-])c1. The van der Waals surface area contributed by atoms with Gasteiger partial charge in [-0.1, -0.05) is 121 Å². The van der Waals surface area contributed by atoms with Gasteiger partial charge in [-0.05, 0) is 102 Å². The summed E-state index contributed by atoms with van der Waals surface area (Å²) in [6.45, 7) is 25.9. The van der Waals surface area contributed by atoms with E-state index in [0.29, 0.717) is 83.6 Å². The van der Waals surface area contributed by atoms with E-state index in [1.165, 1.54) is 30.3 Å². The molecule has 2 heterocycles. The summed E-state index contributed by atoms with van der Waals surface area (Å²) in [7, 11) is 0. The Morgan fingerprint density at radius 1 is 0.474 bits per heavy atom. The lowest BCUT2D eigenvalue weighted by Gasteiger charge is -2.22. The topological polar surface area (TPSA) is 115 Å². The molecule has 11 rings (SSSR count). The highest BCUT2D eigenvalue weighted by atomic mass is 19.4. The first-order chi connectivity index (χ1) is 37.9. The molecule has 0 amide bonds. The molecule has 0 N–H and O–H groups in total. The molecule has 2 aromatic heterocycles. The van der Waals surface area contributed by atoms with Crippen LogP contribution >= 0.6 is 0 Å². The summed E-state index contributed by atoms with van der Waals surface area (Å²) >= 11 is 0. The van der Waals surface area contributed by atoms with Crippen LogP contribution in [0, 0.1) is 60.6 Å². The van der Waals surface area contributed by atoms with E-state index >= 15 is 0 Å². The standard InChI is InChI=1S/C66H34F3N9/c1-39-13-11-18-43(25-39)52-32-47(65-76-56(41-14-7-5-8-15-41)35-57(77-65)42-16-9-6-10-17-42)33-53(44-19-12-20-50(28-44)66(67,68)69)64(52)78-60-23-21-45(62-48(37-71)26-40(36-70)27-58(62)74-3)30-54(60)55-31-46(22-24-61(55)78)63-49(38-72)29-51(73-2)34-59(63)75-4/h5-35H,1H3. The summed E-state index contributed by atoms with van der Waals surface area (Å²) in [6.07, 6.45) is -4.71. The molecule has 9 nitrogen and oxygen atoms in total. The third-order valence-electron chi connectivity index (χ3n) is 13.6. The number of alkyl halides is 3. The first-order valence-corrected chi connectivity index (χ1v) is 24.1. The molecule has 0 aliphatic heterocycles. The summed E-state index contributed by atoms with van der Waals surface area (Å²) in [4.78, 5) is 21.3. The van der Waals surface area contributed by atoms with Crippen LogP contribution in [0.3, 0.4) is 0 Å². The van der Waals surface area contributed by atoms with E-state index in [1.807, 2.05) is 145 Å². The van der Waals surface area contributed by atoms with E-state index in [9.17, 15) is 29.0 Å². The zero-order chi connectivity index (χ0) is 54.2. The van der Waals surface area contributed by atoms with Crippen LogP contribution in [0.5, 0.6) is 0 Å². The molecule has 0 spiro atoms. The smallest absolute Gasteiger partial charge is 0.308 e. The molecular formula is C66H34F3N9. The van der Waals surface area contributed by atoms with Gasteiger partial charge in [-0.2, -0.15) is 29.0 Å². The van der Waals surface area contributed by atoms with Gasteiger partial charge in [0, 0.05) is 60.8 Å². The van der Waals surface area contributed by atoms with Crippen molar-refractivity contribution in [3.05, 3.63) is 250 Å². The number of benzene rings is 9. The Hall–Kier alpha value is -11.4. The molecule has 12 heteroatoms. The maximum Gasteiger partial charge on any atom is 0.416 e. The maximum absolute atomic E-state index is 14.9. The summed E-state index contributed by atoms with van der Waals surface area (Å²) in [5.74, 6) is 0.319. The van der Waals surface area contributed by atoms with Crippen molar-refractivity contribution in [1.29, 1.82) is 15.8 Å². The summed E-state index contributed by atoms with van der Waals surface area (Å²) in [6, 6.07) is 60.9. The van der Waals surface area contributed by atoms with Crippen LogP contribution in [0.2, 0.25) is 0 Å². The number of nitrogens with zero attached hydrogens (tertiary/aromatic N) is 9. The number of aromatic nitrogens is 3. The molecule has 0 radical (unpaired) electrons. The Balaban J connectivity index is 1.30. The molecule has 0 saturated heterocycles. The van der Waals surface area contributed by atoms with Crippen molar-refractivity contribution in [3.8, 4) is 102 Å². The molecule has 0 atom stereocenters. The van der Waals surface area contributed by atoms with E-state index < -0.39 is 11.7 Å². The Kier molecular flexibility index (Phi) is 12.4. The first-order valence-electron chi connectivity index (χ1n) is 24.1. The monoisotopic (exact) mass is 1010 g/mol. The van der Waals surface area contributed by atoms with Crippen molar-refractivity contribution in [2.24, 2.45) is 0 Å². The largest absolute Gasteiger partial charge is 0.416 e. The van der Waals surface area contributed by atoms with E-state index in [0.717, 1.165) is 34.4 Å². The number of hydrogen-bond donors (Lipinski definition) is 0. The van der Waals surface area contributed by atoms with Gasteiger partial charge in [0.25, 0.3) is 0 Å². The van der Waals surface area contributed by atoms with Crippen molar-refractivity contribution in [2.45, 2.75) is 13.1 Å². The minimum atomic E-state index is -4.71. The minimum Gasteiger partial charge on any atom is -0.308 e. The zero-order valence-electron chi connectivity index (χ0n) is 41.1. The van der Waals surface area contributed by atoms with Crippen molar-refractivity contribution in [3.63, 3.8) is 0 Å². The summed E-state index contributed by atoms with van der Waals surface area (Å²) < 4.78 is 46.8. The second-order valence-corrected chi connectivity index (χ2v) is 18.3. The van der Waals surface area contributed by atoms with E-state index in [4.69, 9.17) is 29.7 Å². The molecule has 11 aromatic rings. The highest BCUT2D eigenvalue weighted by Gasteiger charge is 2.32. The normalized spacial score (nSPS) is 11.0. The van der Waals surface area contributed by atoms with Crippen LogP contribution in [0.25, 0.3) is 120 Å². The fraction of sp³-hybridized carbons (Fsp3) is 0.0303. The lowest BCUT2D eigenvalue weighted by Crippen LogP contribution is -2.06. The Bertz CT molecular complexity index is 4290. The number of fused-ring (bicyclic) bond motifs is 3. The molecule has 0 aliphatic carbocycles. The Morgan fingerprint density at radius 2 is 1.00 bits per heavy atom. The molecule has 9 aromatic carbocycles. The Morgan fingerprint density at radius 3 is 1.51 bits per heavy atom. The Labute approximate surface area is 446 Å². The van der Waals surface area contributed by atoms with Crippen LogP contribution in [0.15, 0.2) is 188 Å². The molecule has 364 valence electrons. The number of halogens is 3. The van der Waals surface area contributed by atoms with Crippen LogP contribution in [0.4, 0.5) is 30.2 Å². The van der Waals surface area contributed by atoms with Gasteiger partial charge in [0.1, 0.15) is 0 Å². The maximum atomic E-state index is 14.9. The highest BCUT2D eigenvalue weighted by Crippen LogP contribution is 2.48. The quantitative estimate of drug-likeness (QED) is 0.141. The van der Waals surface area contributed by atoms with E-state index in [-0.39, 0.29) is 39.3 Å². The molecule has 0 saturated carbocycles. The average molecular weight is 1010 g/mol. The summed E-state index contributed by atoms with van der Waals surface area (Å²) in [5, 5.41) is 31.9. The van der Waals surface area contributed by atoms with Crippen LogP contribution in [-0.4, -0.2) is 14.5 Å².